The van der Waals surface area contributed by atoms with Crippen LogP contribution in [0.3, 0.4) is 0 Å². The molecule has 3 aromatic carbocycles. The number of carbonyl (C=O) groups is 2. The highest BCUT2D eigenvalue weighted by molar-refractivity contribution is 6.12. The zero-order valence-electron chi connectivity index (χ0n) is 19.5. The van der Waals surface area contributed by atoms with Gasteiger partial charge in [-0.05, 0) is 52.8 Å². The molecule has 0 radical (unpaired) electrons. The Morgan fingerprint density at radius 2 is 1.68 bits per heavy atom. The maximum atomic E-state index is 13.9. The summed E-state index contributed by atoms with van der Waals surface area (Å²) in [6, 6.07) is 22.1. The highest BCUT2D eigenvalue weighted by Gasteiger charge is 2.57. The molecule has 4 aliphatic rings. The van der Waals surface area contributed by atoms with E-state index in [1.54, 1.807) is 4.90 Å². The highest BCUT2D eigenvalue weighted by Crippen LogP contribution is 2.49. The van der Waals surface area contributed by atoms with Crippen molar-refractivity contribution in [2.24, 2.45) is 0 Å². The van der Waals surface area contributed by atoms with Crippen molar-refractivity contribution in [1.29, 1.82) is 0 Å². The van der Waals surface area contributed by atoms with Crippen molar-refractivity contribution >= 4 is 28.3 Å². The average Bonchev–Trinajstić information content (AvgIpc) is 3.46. The third kappa shape index (κ3) is 2.65. The molecule has 2 saturated heterocycles. The number of likely N-dealkylation sites (tertiary alicyclic amines) is 2. The maximum Gasteiger partial charge on any atom is 0.240 e. The lowest BCUT2D eigenvalue weighted by molar-refractivity contribution is -0.128. The quantitative estimate of drug-likeness (QED) is 0.591. The summed E-state index contributed by atoms with van der Waals surface area (Å²) in [6.45, 7) is 2.45. The normalized spacial score (nSPS) is 26.9. The molecule has 0 saturated carbocycles. The van der Waals surface area contributed by atoms with Crippen LogP contribution in [0.15, 0.2) is 60.7 Å². The van der Waals surface area contributed by atoms with Gasteiger partial charge in [-0.15, -0.1) is 0 Å². The van der Waals surface area contributed by atoms with E-state index in [-0.39, 0.29) is 17.9 Å². The van der Waals surface area contributed by atoms with Crippen LogP contribution in [-0.2, 0) is 21.4 Å². The Balaban J connectivity index is 1.15. The molecule has 0 N–H and O–H groups in total. The first kappa shape index (κ1) is 20.2. The Hall–Kier alpha value is -3.18. The van der Waals surface area contributed by atoms with Gasteiger partial charge in [0.25, 0.3) is 0 Å². The van der Waals surface area contributed by atoms with Crippen LogP contribution in [0.2, 0.25) is 0 Å². The van der Waals surface area contributed by atoms with Crippen molar-refractivity contribution in [1.82, 2.24) is 9.80 Å². The standard InChI is InChI=1S/C29H29N3O2/c1-30-18-29(17-26(30)33)23-10-2-3-11-24(23)32(28(29)34)21-12-14-31(15-13-21)25-16-20-8-4-6-19-7-5-9-22(25)27(19)20/h2-11,21,25H,12-18H2,1H3. The Labute approximate surface area is 199 Å². The second-order valence-electron chi connectivity index (χ2n) is 10.6. The molecular weight excluding hydrogens is 422 g/mol. The zero-order chi connectivity index (χ0) is 23.0. The molecule has 3 aliphatic heterocycles. The average molecular weight is 452 g/mol. The fraction of sp³-hybridized carbons (Fsp3) is 0.379. The van der Waals surface area contributed by atoms with Gasteiger partial charge in [0, 0.05) is 50.9 Å². The van der Waals surface area contributed by atoms with Crippen molar-refractivity contribution in [3.8, 4) is 0 Å². The van der Waals surface area contributed by atoms with Gasteiger partial charge in [-0.2, -0.15) is 0 Å². The van der Waals surface area contributed by atoms with Gasteiger partial charge in [0.1, 0.15) is 5.41 Å². The predicted octanol–water partition coefficient (Wildman–Crippen LogP) is 4.05. The molecule has 0 bridgehead atoms. The third-order valence-electron chi connectivity index (χ3n) is 8.79. The minimum absolute atomic E-state index is 0.0646. The number of hydrogen-bond donors (Lipinski definition) is 0. The van der Waals surface area contributed by atoms with E-state index in [1.807, 2.05) is 19.2 Å². The van der Waals surface area contributed by atoms with Gasteiger partial charge in [-0.3, -0.25) is 14.5 Å². The van der Waals surface area contributed by atoms with Crippen molar-refractivity contribution in [3.63, 3.8) is 0 Å². The monoisotopic (exact) mass is 451 g/mol. The Morgan fingerprint density at radius 3 is 2.44 bits per heavy atom. The highest BCUT2D eigenvalue weighted by atomic mass is 16.2. The lowest BCUT2D eigenvalue weighted by Gasteiger charge is -2.40. The SMILES string of the molecule is CN1CC2(CC1=O)C(=O)N(C1CCN(C3Cc4cccc5cccc3c45)CC1)c1ccccc12. The first-order chi connectivity index (χ1) is 16.6. The van der Waals surface area contributed by atoms with E-state index in [0.29, 0.717) is 19.0 Å². The smallest absolute Gasteiger partial charge is 0.240 e. The first-order valence-corrected chi connectivity index (χ1v) is 12.5. The van der Waals surface area contributed by atoms with E-state index < -0.39 is 5.41 Å². The number of rotatable bonds is 2. The minimum atomic E-state index is -0.706. The molecule has 1 spiro atoms. The molecule has 2 amide bonds. The topological polar surface area (TPSA) is 43.9 Å². The summed E-state index contributed by atoms with van der Waals surface area (Å²) in [5.41, 5.74) is 4.27. The number of benzene rings is 3. The lowest BCUT2D eigenvalue weighted by atomic mass is 9.81. The van der Waals surface area contributed by atoms with E-state index in [0.717, 1.165) is 43.6 Å². The number of para-hydroxylation sites is 1. The maximum absolute atomic E-state index is 13.9. The summed E-state index contributed by atoms with van der Waals surface area (Å²) in [7, 11) is 1.81. The summed E-state index contributed by atoms with van der Waals surface area (Å²) in [5, 5.41) is 2.78. The number of carbonyl (C=O) groups excluding carboxylic acids is 2. The number of piperidine rings is 1. The molecule has 34 heavy (non-hydrogen) atoms. The van der Waals surface area contributed by atoms with Gasteiger partial charge in [-0.1, -0.05) is 54.6 Å². The largest absolute Gasteiger partial charge is 0.344 e. The van der Waals surface area contributed by atoms with Gasteiger partial charge in [-0.25, -0.2) is 0 Å². The van der Waals surface area contributed by atoms with Crippen LogP contribution in [0.1, 0.15) is 42.0 Å². The molecule has 2 fully saturated rings. The van der Waals surface area contributed by atoms with E-state index in [9.17, 15) is 9.59 Å². The minimum Gasteiger partial charge on any atom is -0.344 e. The summed E-state index contributed by atoms with van der Waals surface area (Å²) in [5.74, 6) is 0.192. The second kappa shape index (κ2) is 7.16. The molecule has 5 heteroatoms. The molecule has 2 unspecified atom stereocenters. The molecule has 172 valence electrons. The van der Waals surface area contributed by atoms with Crippen molar-refractivity contribution < 1.29 is 9.59 Å². The summed E-state index contributed by atoms with van der Waals surface area (Å²) in [6.07, 6.45) is 3.29. The Morgan fingerprint density at radius 1 is 0.912 bits per heavy atom. The molecule has 3 heterocycles. The molecule has 0 aromatic heterocycles. The van der Waals surface area contributed by atoms with E-state index in [2.05, 4.69) is 58.3 Å². The lowest BCUT2D eigenvalue weighted by Crippen LogP contribution is -2.50. The van der Waals surface area contributed by atoms with Crippen molar-refractivity contribution in [2.75, 3.05) is 31.6 Å². The number of amides is 2. The van der Waals surface area contributed by atoms with Crippen LogP contribution in [0.5, 0.6) is 0 Å². The van der Waals surface area contributed by atoms with E-state index in [4.69, 9.17) is 0 Å². The fourth-order valence-corrected chi connectivity index (χ4v) is 7.17. The van der Waals surface area contributed by atoms with Crippen LogP contribution in [0.4, 0.5) is 5.69 Å². The summed E-state index contributed by atoms with van der Waals surface area (Å²) < 4.78 is 0. The molecule has 3 aromatic rings. The van der Waals surface area contributed by atoms with Crippen molar-refractivity contribution in [3.05, 3.63) is 77.4 Å². The third-order valence-corrected chi connectivity index (χ3v) is 8.79. The summed E-state index contributed by atoms with van der Waals surface area (Å²) in [4.78, 5) is 32.8. The van der Waals surface area contributed by atoms with Gasteiger partial charge in [0.2, 0.25) is 11.8 Å². The van der Waals surface area contributed by atoms with Gasteiger partial charge in [0.05, 0.1) is 0 Å². The second-order valence-corrected chi connectivity index (χ2v) is 10.6. The van der Waals surface area contributed by atoms with E-state index in [1.165, 1.54) is 21.9 Å². The van der Waals surface area contributed by atoms with Crippen LogP contribution in [0.25, 0.3) is 10.8 Å². The van der Waals surface area contributed by atoms with Gasteiger partial charge < -0.3 is 9.80 Å². The first-order valence-electron chi connectivity index (χ1n) is 12.5. The zero-order valence-corrected chi connectivity index (χ0v) is 19.5. The van der Waals surface area contributed by atoms with Crippen LogP contribution < -0.4 is 4.90 Å². The molecule has 7 rings (SSSR count). The summed E-state index contributed by atoms with van der Waals surface area (Å²) >= 11 is 0. The van der Waals surface area contributed by atoms with E-state index >= 15 is 0 Å². The Bertz CT molecular complexity index is 1340. The predicted molar refractivity (Wildman–Crippen MR) is 133 cm³/mol. The van der Waals surface area contributed by atoms with Gasteiger partial charge in [0.15, 0.2) is 0 Å². The van der Waals surface area contributed by atoms with Crippen LogP contribution in [0, 0.1) is 0 Å². The molecule has 5 nitrogen and oxygen atoms in total. The number of fused-ring (bicyclic) bond motifs is 2. The molecular formula is C29H29N3O2. The molecule has 2 atom stereocenters. The fourth-order valence-electron chi connectivity index (χ4n) is 7.17. The van der Waals surface area contributed by atoms with Crippen LogP contribution in [-0.4, -0.2) is 54.3 Å². The number of hydrogen-bond acceptors (Lipinski definition) is 3. The number of likely N-dealkylation sites (N-methyl/N-ethyl adjacent to an activating group) is 1. The number of nitrogens with zero attached hydrogens (tertiary/aromatic N) is 3. The van der Waals surface area contributed by atoms with Gasteiger partial charge >= 0.3 is 0 Å². The van der Waals surface area contributed by atoms with Crippen molar-refractivity contribution in [2.45, 2.75) is 43.2 Å². The van der Waals surface area contributed by atoms with Crippen LogP contribution >= 0.6 is 0 Å². The molecule has 1 aliphatic carbocycles. The number of anilines is 1. The Kier molecular flexibility index (Phi) is 4.26.